The molecule has 2 aromatic rings. The van der Waals surface area contributed by atoms with Crippen LogP contribution in [0.25, 0.3) is 0 Å². The van der Waals surface area contributed by atoms with Gasteiger partial charge in [-0.2, -0.15) is 0 Å². The Morgan fingerprint density at radius 3 is 2.68 bits per heavy atom. The molecule has 7 heteroatoms. The molecule has 2 rings (SSSR count). The summed E-state index contributed by atoms with van der Waals surface area (Å²) in [4.78, 5) is 0.0216. The number of sulfonamides is 1. The third-order valence-electron chi connectivity index (χ3n) is 3.10. The predicted molar refractivity (Wildman–Crippen MR) is 80.2 cm³/mol. The van der Waals surface area contributed by atoms with Gasteiger partial charge < -0.3 is 4.52 Å². The zero-order valence-electron chi connectivity index (χ0n) is 12.8. The van der Waals surface area contributed by atoms with Gasteiger partial charge in [0.05, 0.1) is 17.1 Å². The number of rotatable bonds is 6. The normalized spacial score (nSPS) is 12.0. The van der Waals surface area contributed by atoms with Crippen molar-refractivity contribution in [2.75, 3.05) is 0 Å². The summed E-state index contributed by atoms with van der Waals surface area (Å²) < 4.78 is 45.0. The lowest BCUT2D eigenvalue weighted by atomic mass is 10.1. The number of aromatic nitrogens is 1. The van der Waals surface area contributed by atoms with Crippen molar-refractivity contribution < 1.29 is 17.3 Å². The molecule has 0 aliphatic heterocycles. The minimum atomic E-state index is -3.72. The van der Waals surface area contributed by atoms with Crippen molar-refractivity contribution in [2.24, 2.45) is 5.92 Å². The Kier molecular flexibility index (Phi) is 4.97. The third-order valence-corrected chi connectivity index (χ3v) is 4.50. The summed E-state index contributed by atoms with van der Waals surface area (Å²) >= 11 is 0. The first-order valence-corrected chi connectivity index (χ1v) is 8.46. The van der Waals surface area contributed by atoms with Crippen LogP contribution < -0.4 is 4.72 Å². The maximum Gasteiger partial charge on any atom is 0.240 e. The summed E-state index contributed by atoms with van der Waals surface area (Å²) in [6, 6.07) is 5.40. The molecule has 0 amide bonds. The summed E-state index contributed by atoms with van der Waals surface area (Å²) in [5.41, 5.74) is 1.07. The van der Waals surface area contributed by atoms with Crippen LogP contribution >= 0.6 is 0 Å². The number of nitrogens with one attached hydrogen (secondary N) is 1. The second-order valence-electron chi connectivity index (χ2n) is 5.62. The molecule has 0 fully saturated rings. The highest BCUT2D eigenvalue weighted by Gasteiger charge is 2.16. The molecule has 0 aliphatic rings. The van der Waals surface area contributed by atoms with E-state index in [2.05, 4.69) is 23.7 Å². The third kappa shape index (κ3) is 4.14. The summed E-state index contributed by atoms with van der Waals surface area (Å²) in [5.74, 6) is 0.447. The first kappa shape index (κ1) is 16.6. The van der Waals surface area contributed by atoms with E-state index in [4.69, 9.17) is 4.52 Å². The van der Waals surface area contributed by atoms with Crippen molar-refractivity contribution in [1.82, 2.24) is 9.88 Å². The number of benzene rings is 1. The quantitative estimate of drug-likeness (QED) is 0.886. The van der Waals surface area contributed by atoms with Gasteiger partial charge in [-0.3, -0.25) is 0 Å². The van der Waals surface area contributed by atoms with E-state index in [0.717, 1.165) is 18.2 Å². The smallest absolute Gasteiger partial charge is 0.240 e. The molecule has 1 aromatic carbocycles. The monoisotopic (exact) mass is 326 g/mol. The molecule has 0 bridgehead atoms. The molecule has 1 N–H and O–H groups in total. The topological polar surface area (TPSA) is 72.2 Å². The van der Waals surface area contributed by atoms with E-state index >= 15 is 0 Å². The van der Waals surface area contributed by atoms with Crippen LogP contribution in [0, 0.1) is 18.7 Å². The maximum absolute atomic E-state index is 13.2. The molecule has 1 aromatic heterocycles. The molecule has 0 spiro atoms. The Bertz CT molecular complexity index is 754. The van der Waals surface area contributed by atoms with Crippen molar-refractivity contribution in [2.45, 2.75) is 38.6 Å². The first-order chi connectivity index (χ1) is 10.3. The highest BCUT2D eigenvalue weighted by Crippen LogP contribution is 2.15. The summed E-state index contributed by atoms with van der Waals surface area (Å²) in [5, 5.41) is 3.90. The van der Waals surface area contributed by atoms with Crippen LogP contribution in [-0.4, -0.2) is 13.6 Å². The van der Waals surface area contributed by atoms with Crippen LogP contribution in [0.5, 0.6) is 0 Å². The highest BCUT2D eigenvalue weighted by molar-refractivity contribution is 7.89. The second-order valence-corrected chi connectivity index (χ2v) is 7.39. The standard InChI is InChI=1S/C15H19FN2O3S/c1-10(2)6-12-8-13(21-18-12)9-17-22(19,20)14-4-5-15(16)11(3)7-14/h4-5,7-8,10,17H,6,9H2,1-3H3. The van der Waals surface area contributed by atoms with Crippen LogP contribution in [-0.2, 0) is 23.0 Å². The largest absolute Gasteiger partial charge is 0.360 e. The van der Waals surface area contributed by atoms with Crippen LogP contribution in [0.15, 0.2) is 33.7 Å². The van der Waals surface area contributed by atoms with E-state index in [9.17, 15) is 12.8 Å². The number of hydrogen-bond acceptors (Lipinski definition) is 4. The SMILES string of the molecule is Cc1cc(S(=O)(=O)NCc2cc(CC(C)C)no2)ccc1F. The second kappa shape index (κ2) is 6.58. The minimum absolute atomic E-state index is 0.00382. The van der Waals surface area contributed by atoms with Gasteiger partial charge in [0.15, 0.2) is 5.76 Å². The van der Waals surface area contributed by atoms with Gasteiger partial charge in [-0.05, 0) is 43.0 Å². The van der Waals surface area contributed by atoms with Gasteiger partial charge in [-0.25, -0.2) is 17.5 Å². The molecule has 0 atom stereocenters. The minimum Gasteiger partial charge on any atom is -0.360 e. The van der Waals surface area contributed by atoms with Crippen molar-refractivity contribution in [3.8, 4) is 0 Å². The Balaban J connectivity index is 2.06. The summed E-state index contributed by atoms with van der Waals surface area (Å²) in [7, 11) is -3.72. The van der Waals surface area contributed by atoms with Gasteiger partial charge in [-0.15, -0.1) is 0 Å². The van der Waals surface area contributed by atoms with E-state index in [-0.39, 0.29) is 17.0 Å². The fraction of sp³-hybridized carbons (Fsp3) is 0.400. The van der Waals surface area contributed by atoms with Gasteiger partial charge in [0.1, 0.15) is 5.82 Å². The summed E-state index contributed by atoms with van der Waals surface area (Å²) in [6.45, 7) is 5.65. The Morgan fingerprint density at radius 1 is 1.32 bits per heavy atom. The number of aryl methyl sites for hydroxylation is 1. The van der Waals surface area contributed by atoms with Crippen molar-refractivity contribution in [3.63, 3.8) is 0 Å². The zero-order valence-corrected chi connectivity index (χ0v) is 13.6. The van der Waals surface area contributed by atoms with Crippen LogP contribution in [0.1, 0.15) is 30.9 Å². The van der Waals surface area contributed by atoms with Crippen molar-refractivity contribution in [3.05, 3.63) is 47.1 Å². The molecule has 0 unspecified atom stereocenters. The molecule has 0 aliphatic carbocycles. The number of hydrogen-bond donors (Lipinski definition) is 1. The van der Waals surface area contributed by atoms with Crippen LogP contribution in [0.2, 0.25) is 0 Å². The molecule has 5 nitrogen and oxygen atoms in total. The number of halogens is 1. The summed E-state index contributed by atoms with van der Waals surface area (Å²) in [6.07, 6.45) is 0.771. The maximum atomic E-state index is 13.2. The lowest BCUT2D eigenvalue weighted by Crippen LogP contribution is -2.23. The predicted octanol–water partition coefficient (Wildman–Crippen LogP) is 2.80. The van der Waals surface area contributed by atoms with Gasteiger partial charge in [0, 0.05) is 6.07 Å². The van der Waals surface area contributed by atoms with Crippen molar-refractivity contribution >= 4 is 10.0 Å². The molecule has 0 saturated carbocycles. The van der Waals surface area contributed by atoms with Gasteiger partial charge in [0.2, 0.25) is 10.0 Å². The van der Waals surface area contributed by atoms with Crippen LogP contribution in [0.4, 0.5) is 4.39 Å². The van der Waals surface area contributed by atoms with E-state index in [1.807, 2.05) is 0 Å². The Morgan fingerprint density at radius 2 is 2.05 bits per heavy atom. The van der Waals surface area contributed by atoms with Gasteiger partial charge in [0.25, 0.3) is 0 Å². The first-order valence-electron chi connectivity index (χ1n) is 6.98. The van der Waals surface area contributed by atoms with E-state index in [0.29, 0.717) is 11.7 Å². The Labute approximate surface area is 129 Å². The van der Waals surface area contributed by atoms with Gasteiger partial charge in [-0.1, -0.05) is 19.0 Å². The van der Waals surface area contributed by atoms with Crippen molar-refractivity contribution in [1.29, 1.82) is 0 Å². The van der Waals surface area contributed by atoms with E-state index in [1.54, 1.807) is 6.07 Å². The molecule has 22 heavy (non-hydrogen) atoms. The van der Waals surface area contributed by atoms with Gasteiger partial charge >= 0.3 is 0 Å². The molecule has 1 heterocycles. The molecule has 0 saturated heterocycles. The Hall–Kier alpha value is -1.73. The average molecular weight is 326 g/mol. The highest BCUT2D eigenvalue weighted by atomic mass is 32.2. The van der Waals surface area contributed by atoms with Crippen LogP contribution in [0.3, 0.4) is 0 Å². The zero-order chi connectivity index (χ0) is 16.3. The lowest BCUT2D eigenvalue weighted by Gasteiger charge is -2.06. The lowest BCUT2D eigenvalue weighted by molar-refractivity contribution is 0.372. The molecular formula is C15H19FN2O3S. The fourth-order valence-corrected chi connectivity index (χ4v) is 3.07. The fourth-order valence-electron chi connectivity index (χ4n) is 1.99. The molecular weight excluding hydrogens is 307 g/mol. The number of nitrogens with zero attached hydrogens (tertiary/aromatic N) is 1. The van der Waals surface area contributed by atoms with E-state index in [1.165, 1.54) is 19.1 Å². The molecule has 120 valence electrons. The van der Waals surface area contributed by atoms with E-state index < -0.39 is 15.8 Å². The average Bonchev–Trinajstić information content (AvgIpc) is 2.86. The molecule has 0 radical (unpaired) electrons.